The molecule has 1 heterocycles. The van der Waals surface area contributed by atoms with E-state index in [1.807, 2.05) is 6.92 Å². The lowest BCUT2D eigenvalue weighted by atomic mass is 10.1. The quantitative estimate of drug-likeness (QED) is 0.585. The topological polar surface area (TPSA) is 59.0 Å². The van der Waals surface area contributed by atoms with Crippen molar-refractivity contribution >= 4 is 40.6 Å². The van der Waals surface area contributed by atoms with Crippen LogP contribution in [0.4, 0.5) is 10.1 Å². The van der Waals surface area contributed by atoms with Gasteiger partial charge in [0.1, 0.15) is 5.82 Å². The number of aliphatic imine (C=N–C) groups is 1. The predicted molar refractivity (Wildman–Crippen MR) is 104 cm³/mol. The number of carbonyl (C=O) groups is 2. The van der Waals surface area contributed by atoms with Gasteiger partial charge in [0.2, 0.25) is 0 Å². The lowest BCUT2D eigenvalue weighted by Gasteiger charge is -2.11. The van der Waals surface area contributed by atoms with Crippen molar-refractivity contribution in [1.82, 2.24) is 4.90 Å². The molecule has 0 unspecified atom stereocenters. The summed E-state index contributed by atoms with van der Waals surface area (Å²) in [6.45, 7) is 2.34. The number of hydrogen-bond acceptors (Lipinski definition) is 5. The lowest BCUT2D eigenvalue weighted by molar-refractivity contribution is -0.122. The van der Waals surface area contributed by atoms with Gasteiger partial charge in [-0.3, -0.25) is 9.69 Å². The Morgan fingerprint density at radius 2 is 1.85 bits per heavy atom. The van der Waals surface area contributed by atoms with Crippen LogP contribution >= 0.6 is 11.8 Å². The van der Waals surface area contributed by atoms with Crippen molar-refractivity contribution in [3.8, 4) is 0 Å². The molecule has 5 nitrogen and oxygen atoms in total. The Balaban J connectivity index is 1.86. The third-order valence-corrected chi connectivity index (χ3v) is 4.89. The van der Waals surface area contributed by atoms with E-state index in [1.165, 1.54) is 31.0 Å². The van der Waals surface area contributed by atoms with Crippen LogP contribution in [0.1, 0.15) is 22.8 Å². The Morgan fingerprint density at radius 1 is 1.19 bits per heavy atom. The number of amides is 1. The molecule has 2 aromatic rings. The molecule has 3 rings (SSSR count). The maximum absolute atomic E-state index is 13.1. The summed E-state index contributed by atoms with van der Waals surface area (Å²) in [6, 6.07) is 12.6. The molecule has 0 atom stereocenters. The molecular formula is C20H17FN2O3S. The molecule has 0 aliphatic carbocycles. The third-order valence-electron chi connectivity index (χ3n) is 3.89. The van der Waals surface area contributed by atoms with E-state index in [0.29, 0.717) is 27.9 Å². The molecule has 1 aliphatic heterocycles. The lowest BCUT2D eigenvalue weighted by Crippen LogP contribution is -2.28. The zero-order valence-electron chi connectivity index (χ0n) is 14.8. The fourth-order valence-corrected chi connectivity index (χ4v) is 3.54. The van der Waals surface area contributed by atoms with Crippen molar-refractivity contribution in [2.75, 3.05) is 13.7 Å². The molecule has 0 N–H and O–H groups in total. The van der Waals surface area contributed by atoms with Crippen molar-refractivity contribution in [2.45, 2.75) is 6.92 Å². The van der Waals surface area contributed by atoms with Crippen LogP contribution in [-0.2, 0) is 9.53 Å². The number of carbonyl (C=O) groups excluding carboxylic acids is 2. The highest BCUT2D eigenvalue weighted by molar-refractivity contribution is 8.18. The highest BCUT2D eigenvalue weighted by Gasteiger charge is 2.32. The second kappa shape index (κ2) is 8.18. The van der Waals surface area contributed by atoms with Crippen LogP contribution in [0.3, 0.4) is 0 Å². The molecule has 1 amide bonds. The Hall–Kier alpha value is -2.93. The Morgan fingerprint density at radius 3 is 2.44 bits per heavy atom. The van der Waals surface area contributed by atoms with Gasteiger partial charge in [0.05, 0.1) is 23.3 Å². The van der Waals surface area contributed by atoms with Gasteiger partial charge in [-0.15, -0.1) is 0 Å². The van der Waals surface area contributed by atoms with E-state index >= 15 is 0 Å². The molecule has 27 heavy (non-hydrogen) atoms. The predicted octanol–water partition coefficient (Wildman–Crippen LogP) is 4.24. The Bertz CT molecular complexity index is 921. The fourth-order valence-electron chi connectivity index (χ4n) is 2.48. The van der Waals surface area contributed by atoms with Crippen molar-refractivity contribution in [1.29, 1.82) is 0 Å². The zero-order chi connectivity index (χ0) is 19.4. The monoisotopic (exact) mass is 384 g/mol. The molecule has 0 spiro atoms. The summed E-state index contributed by atoms with van der Waals surface area (Å²) < 4.78 is 17.7. The van der Waals surface area contributed by atoms with E-state index in [0.717, 1.165) is 5.56 Å². The number of esters is 1. The molecule has 138 valence electrons. The smallest absolute Gasteiger partial charge is 0.337 e. The number of rotatable bonds is 4. The largest absolute Gasteiger partial charge is 0.465 e. The van der Waals surface area contributed by atoms with E-state index in [9.17, 15) is 14.0 Å². The molecule has 0 saturated carbocycles. The Kier molecular flexibility index (Phi) is 5.71. The van der Waals surface area contributed by atoms with Crippen molar-refractivity contribution < 1.29 is 18.7 Å². The maximum Gasteiger partial charge on any atom is 0.337 e. The van der Waals surface area contributed by atoms with E-state index in [2.05, 4.69) is 9.73 Å². The number of benzene rings is 2. The minimum atomic E-state index is -0.411. The number of nitrogens with zero attached hydrogens (tertiary/aromatic N) is 2. The molecule has 2 aromatic carbocycles. The summed E-state index contributed by atoms with van der Waals surface area (Å²) in [7, 11) is 1.33. The van der Waals surface area contributed by atoms with Gasteiger partial charge in [-0.2, -0.15) is 0 Å². The summed E-state index contributed by atoms with van der Waals surface area (Å²) in [4.78, 5) is 30.7. The van der Waals surface area contributed by atoms with Gasteiger partial charge >= 0.3 is 5.97 Å². The standard InChI is InChI=1S/C20H17FN2O3S/c1-3-23-18(24)17(12-13-4-6-14(7-5-13)19(25)26-2)27-20(23)22-16-10-8-15(21)9-11-16/h4-12H,3H2,1-2H3/b17-12+,22-20?. The second-order valence-electron chi connectivity index (χ2n) is 5.64. The van der Waals surface area contributed by atoms with Gasteiger partial charge in [0, 0.05) is 6.54 Å². The average molecular weight is 384 g/mol. The van der Waals surface area contributed by atoms with Gasteiger partial charge in [-0.25, -0.2) is 14.2 Å². The van der Waals surface area contributed by atoms with Crippen LogP contribution in [0.25, 0.3) is 6.08 Å². The number of halogens is 1. The molecule has 7 heteroatoms. The Labute approximate surface area is 160 Å². The first kappa shape index (κ1) is 18.8. The summed E-state index contributed by atoms with van der Waals surface area (Å²) in [5.74, 6) is -0.885. The normalized spacial score (nSPS) is 17.0. The average Bonchev–Trinajstić information content (AvgIpc) is 2.97. The minimum Gasteiger partial charge on any atom is -0.465 e. The summed E-state index contributed by atoms with van der Waals surface area (Å²) in [5, 5.41) is 0.548. The summed E-state index contributed by atoms with van der Waals surface area (Å²) in [6.07, 6.45) is 1.75. The van der Waals surface area contributed by atoms with Gasteiger partial charge in [0.25, 0.3) is 5.91 Å². The summed E-state index contributed by atoms with van der Waals surface area (Å²) >= 11 is 1.26. The molecule has 0 radical (unpaired) electrons. The van der Waals surface area contributed by atoms with Crippen LogP contribution in [-0.4, -0.2) is 35.6 Å². The third kappa shape index (κ3) is 4.25. The maximum atomic E-state index is 13.1. The highest BCUT2D eigenvalue weighted by Crippen LogP contribution is 2.34. The van der Waals surface area contributed by atoms with Crippen molar-refractivity contribution in [2.24, 2.45) is 4.99 Å². The van der Waals surface area contributed by atoms with Crippen LogP contribution in [0, 0.1) is 5.82 Å². The van der Waals surface area contributed by atoms with E-state index in [1.54, 1.807) is 47.4 Å². The molecular weight excluding hydrogens is 367 g/mol. The van der Waals surface area contributed by atoms with Crippen molar-refractivity contribution in [3.63, 3.8) is 0 Å². The SMILES string of the molecule is CCN1C(=O)/C(=C\c2ccc(C(=O)OC)cc2)SC1=Nc1ccc(F)cc1. The molecule has 1 saturated heterocycles. The highest BCUT2D eigenvalue weighted by atomic mass is 32.2. The minimum absolute atomic E-state index is 0.139. The van der Waals surface area contributed by atoms with E-state index in [4.69, 9.17) is 0 Å². The number of hydrogen-bond donors (Lipinski definition) is 0. The van der Waals surface area contributed by atoms with Crippen LogP contribution in [0.5, 0.6) is 0 Å². The van der Waals surface area contributed by atoms with Gasteiger partial charge in [0.15, 0.2) is 5.17 Å². The molecule has 1 aliphatic rings. The number of amidine groups is 1. The van der Waals surface area contributed by atoms with Crippen LogP contribution in [0.15, 0.2) is 58.4 Å². The van der Waals surface area contributed by atoms with E-state index < -0.39 is 5.97 Å². The van der Waals surface area contributed by atoms with Crippen molar-refractivity contribution in [3.05, 3.63) is 70.4 Å². The molecule has 0 bridgehead atoms. The second-order valence-corrected chi connectivity index (χ2v) is 6.65. The van der Waals surface area contributed by atoms with E-state index in [-0.39, 0.29) is 11.7 Å². The van der Waals surface area contributed by atoms with Gasteiger partial charge in [-0.05, 0) is 66.7 Å². The number of ether oxygens (including phenoxy) is 1. The fraction of sp³-hybridized carbons (Fsp3) is 0.150. The number of likely N-dealkylation sites (N-methyl/N-ethyl adjacent to an activating group) is 1. The van der Waals surface area contributed by atoms with Gasteiger partial charge in [-0.1, -0.05) is 12.1 Å². The molecule has 0 aromatic heterocycles. The zero-order valence-corrected chi connectivity index (χ0v) is 15.6. The first-order chi connectivity index (χ1) is 13.0. The first-order valence-corrected chi connectivity index (χ1v) is 9.07. The summed E-state index contributed by atoms with van der Waals surface area (Å²) in [5.41, 5.74) is 1.81. The molecule has 1 fully saturated rings. The van der Waals surface area contributed by atoms with Crippen LogP contribution < -0.4 is 0 Å². The van der Waals surface area contributed by atoms with Crippen LogP contribution in [0.2, 0.25) is 0 Å². The number of thioether (sulfide) groups is 1. The van der Waals surface area contributed by atoms with Gasteiger partial charge < -0.3 is 4.74 Å². The number of methoxy groups -OCH3 is 1. The first-order valence-electron chi connectivity index (χ1n) is 8.26.